The molecule has 1 N–H and O–H groups in total. The van der Waals surface area contributed by atoms with Gasteiger partial charge in [-0.05, 0) is 44.9 Å². The molecule has 140 valence electrons. The van der Waals surface area contributed by atoms with Gasteiger partial charge in [-0.15, -0.1) is 0 Å². The molecule has 1 atom stereocenters. The minimum absolute atomic E-state index is 0.0843. The Hall–Kier alpha value is -1.40. The molecule has 1 aromatic heterocycles. The smallest absolute Gasteiger partial charge is 0.227 e. The fraction of sp³-hybridized carbons (Fsp3) is 0.789. The van der Waals surface area contributed by atoms with E-state index in [4.69, 9.17) is 14.7 Å². The van der Waals surface area contributed by atoms with Gasteiger partial charge in [0.15, 0.2) is 0 Å². The minimum atomic E-state index is -0.0843. The van der Waals surface area contributed by atoms with Crippen LogP contribution in [0.1, 0.15) is 43.4 Å². The highest BCUT2D eigenvalue weighted by atomic mass is 16.5. The van der Waals surface area contributed by atoms with Crippen LogP contribution in [0.2, 0.25) is 0 Å². The molecule has 0 aromatic carbocycles. The van der Waals surface area contributed by atoms with Crippen molar-refractivity contribution < 1.29 is 9.84 Å². The average Bonchev–Trinajstić information content (AvgIpc) is 2.65. The van der Waals surface area contributed by atoms with E-state index >= 15 is 0 Å². The SMILES string of the molecule is COCCC1(CO)CCCN(c2nc(N(C)C)nc3c2CCCC3)C1. The number of aryl methyl sites for hydroxylation is 1. The lowest BCUT2D eigenvalue weighted by Gasteiger charge is -2.43. The van der Waals surface area contributed by atoms with E-state index < -0.39 is 0 Å². The Bertz CT molecular complexity index is 593. The highest BCUT2D eigenvalue weighted by molar-refractivity contribution is 5.54. The lowest BCUT2D eigenvalue weighted by Crippen LogP contribution is -2.47. The van der Waals surface area contributed by atoms with Crippen molar-refractivity contribution in [2.24, 2.45) is 5.41 Å². The number of hydrogen-bond donors (Lipinski definition) is 1. The quantitative estimate of drug-likeness (QED) is 0.849. The second kappa shape index (κ2) is 7.87. The van der Waals surface area contributed by atoms with E-state index in [1.165, 1.54) is 24.1 Å². The monoisotopic (exact) mass is 348 g/mol. The number of piperidine rings is 1. The highest BCUT2D eigenvalue weighted by Gasteiger charge is 2.36. The predicted molar refractivity (Wildman–Crippen MR) is 100 cm³/mol. The first-order chi connectivity index (χ1) is 12.1. The first-order valence-corrected chi connectivity index (χ1v) is 9.50. The van der Waals surface area contributed by atoms with E-state index in [9.17, 15) is 5.11 Å². The summed E-state index contributed by atoms with van der Waals surface area (Å²) in [5.41, 5.74) is 2.47. The molecule has 1 aliphatic heterocycles. The number of aliphatic hydroxyl groups excluding tert-OH is 1. The Morgan fingerprint density at radius 3 is 2.72 bits per heavy atom. The van der Waals surface area contributed by atoms with Gasteiger partial charge < -0.3 is 19.6 Å². The lowest BCUT2D eigenvalue weighted by molar-refractivity contribution is 0.0624. The number of rotatable bonds is 6. The number of ether oxygens (including phenoxy) is 1. The van der Waals surface area contributed by atoms with Crippen LogP contribution in [0.15, 0.2) is 0 Å². The molecule has 1 fully saturated rings. The summed E-state index contributed by atoms with van der Waals surface area (Å²) in [6.07, 6.45) is 7.58. The summed E-state index contributed by atoms with van der Waals surface area (Å²) in [5.74, 6) is 1.90. The highest BCUT2D eigenvalue weighted by Crippen LogP contribution is 2.38. The van der Waals surface area contributed by atoms with Crippen LogP contribution in [0.4, 0.5) is 11.8 Å². The van der Waals surface area contributed by atoms with E-state index in [-0.39, 0.29) is 12.0 Å². The van der Waals surface area contributed by atoms with Crippen molar-refractivity contribution in [2.45, 2.75) is 44.9 Å². The van der Waals surface area contributed by atoms with Gasteiger partial charge >= 0.3 is 0 Å². The van der Waals surface area contributed by atoms with E-state index in [1.807, 2.05) is 19.0 Å². The second-order valence-corrected chi connectivity index (χ2v) is 7.80. The maximum absolute atomic E-state index is 10.1. The van der Waals surface area contributed by atoms with Crippen LogP contribution in [0, 0.1) is 5.41 Å². The summed E-state index contributed by atoms with van der Waals surface area (Å²) < 4.78 is 5.29. The Morgan fingerprint density at radius 1 is 1.20 bits per heavy atom. The van der Waals surface area contributed by atoms with Crippen LogP contribution in [0.5, 0.6) is 0 Å². The number of nitrogens with zero attached hydrogens (tertiary/aromatic N) is 4. The number of fused-ring (bicyclic) bond motifs is 1. The normalized spacial score (nSPS) is 23.4. The predicted octanol–water partition coefficient (Wildman–Crippen LogP) is 2.04. The van der Waals surface area contributed by atoms with Crippen LogP contribution in [-0.2, 0) is 17.6 Å². The van der Waals surface area contributed by atoms with Crippen molar-refractivity contribution in [3.8, 4) is 0 Å². The molecule has 6 heteroatoms. The number of aliphatic hydroxyl groups is 1. The Balaban J connectivity index is 1.93. The average molecular weight is 348 g/mol. The van der Waals surface area contributed by atoms with Gasteiger partial charge in [-0.25, -0.2) is 4.98 Å². The zero-order chi connectivity index (χ0) is 17.9. The number of hydrogen-bond acceptors (Lipinski definition) is 6. The topological polar surface area (TPSA) is 61.7 Å². The largest absolute Gasteiger partial charge is 0.396 e. The number of methoxy groups -OCH3 is 1. The fourth-order valence-electron chi connectivity index (χ4n) is 4.14. The summed E-state index contributed by atoms with van der Waals surface area (Å²) in [5, 5.41) is 10.1. The number of aromatic nitrogens is 2. The summed E-state index contributed by atoms with van der Waals surface area (Å²) in [6.45, 7) is 2.76. The van der Waals surface area contributed by atoms with E-state index in [0.717, 1.165) is 57.0 Å². The summed E-state index contributed by atoms with van der Waals surface area (Å²) in [7, 11) is 5.73. The first-order valence-electron chi connectivity index (χ1n) is 9.50. The summed E-state index contributed by atoms with van der Waals surface area (Å²) in [6, 6.07) is 0. The van der Waals surface area contributed by atoms with Crippen molar-refractivity contribution in [3.63, 3.8) is 0 Å². The molecule has 6 nitrogen and oxygen atoms in total. The van der Waals surface area contributed by atoms with Crippen LogP contribution in [-0.4, -0.2) is 62.6 Å². The van der Waals surface area contributed by atoms with Gasteiger partial charge in [-0.3, -0.25) is 0 Å². The maximum atomic E-state index is 10.1. The molecule has 0 bridgehead atoms. The van der Waals surface area contributed by atoms with Crippen LogP contribution in [0.3, 0.4) is 0 Å². The molecule has 25 heavy (non-hydrogen) atoms. The molecule has 1 aromatic rings. The Labute approximate surface area is 151 Å². The molecule has 1 saturated heterocycles. The van der Waals surface area contributed by atoms with Gasteiger partial charge in [0, 0.05) is 51.9 Å². The zero-order valence-electron chi connectivity index (χ0n) is 15.9. The molecule has 0 saturated carbocycles. The second-order valence-electron chi connectivity index (χ2n) is 7.80. The summed E-state index contributed by atoms with van der Waals surface area (Å²) >= 11 is 0. The van der Waals surface area contributed by atoms with Gasteiger partial charge in [0.25, 0.3) is 0 Å². The van der Waals surface area contributed by atoms with Crippen molar-refractivity contribution in [1.29, 1.82) is 0 Å². The molecule has 0 amide bonds. The zero-order valence-corrected chi connectivity index (χ0v) is 15.9. The first kappa shape index (κ1) is 18.4. The van der Waals surface area contributed by atoms with Gasteiger partial charge in [0.05, 0.1) is 12.3 Å². The molecular formula is C19H32N4O2. The molecule has 0 spiro atoms. The molecule has 3 rings (SSSR count). The third-order valence-electron chi connectivity index (χ3n) is 5.68. The van der Waals surface area contributed by atoms with Gasteiger partial charge in [0.1, 0.15) is 5.82 Å². The maximum Gasteiger partial charge on any atom is 0.227 e. The van der Waals surface area contributed by atoms with Gasteiger partial charge in [0.2, 0.25) is 5.95 Å². The molecule has 2 aliphatic rings. The molecular weight excluding hydrogens is 316 g/mol. The van der Waals surface area contributed by atoms with Crippen LogP contribution in [0.25, 0.3) is 0 Å². The Kier molecular flexibility index (Phi) is 5.79. The third kappa shape index (κ3) is 3.90. The van der Waals surface area contributed by atoms with Gasteiger partial charge in [-0.2, -0.15) is 4.98 Å². The molecule has 0 radical (unpaired) electrons. The van der Waals surface area contributed by atoms with Crippen LogP contribution >= 0.6 is 0 Å². The molecule has 1 unspecified atom stereocenters. The van der Waals surface area contributed by atoms with Crippen molar-refractivity contribution >= 4 is 11.8 Å². The van der Waals surface area contributed by atoms with Crippen molar-refractivity contribution in [2.75, 3.05) is 57.3 Å². The molecule has 2 heterocycles. The van der Waals surface area contributed by atoms with Crippen LogP contribution < -0.4 is 9.80 Å². The molecule has 1 aliphatic carbocycles. The van der Waals surface area contributed by atoms with Crippen molar-refractivity contribution in [1.82, 2.24) is 9.97 Å². The third-order valence-corrected chi connectivity index (χ3v) is 5.68. The lowest BCUT2D eigenvalue weighted by atomic mass is 9.78. The standard InChI is InChI=1S/C19H32N4O2/c1-22(2)18-20-16-8-5-4-7-15(16)17(21-18)23-11-6-9-19(13-23,14-24)10-12-25-3/h24H,4-14H2,1-3H3. The number of anilines is 2. The van der Waals surface area contributed by atoms with Crippen molar-refractivity contribution in [3.05, 3.63) is 11.3 Å². The van der Waals surface area contributed by atoms with E-state index in [2.05, 4.69) is 4.90 Å². The van der Waals surface area contributed by atoms with E-state index in [1.54, 1.807) is 7.11 Å². The van der Waals surface area contributed by atoms with Gasteiger partial charge in [-0.1, -0.05) is 0 Å². The Morgan fingerprint density at radius 2 is 2.00 bits per heavy atom. The summed E-state index contributed by atoms with van der Waals surface area (Å²) in [4.78, 5) is 14.1. The fourth-order valence-corrected chi connectivity index (χ4v) is 4.14. The van der Waals surface area contributed by atoms with E-state index in [0.29, 0.717) is 6.61 Å². The minimum Gasteiger partial charge on any atom is -0.396 e.